The Morgan fingerprint density at radius 3 is 2.48 bits per heavy atom. The molecule has 0 radical (unpaired) electrons. The summed E-state index contributed by atoms with van der Waals surface area (Å²) in [6.45, 7) is 4.86. The molecule has 160 valence electrons. The molecule has 0 unspecified atom stereocenters. The Hall–Kier alpha value is -3.39. The number of aryl methyl sites for hydroxylation is 1. The predicted octanol–water partition coefficient (Wildman–Crippen LogP) is 4.20. The van der Waals surface area contributed by atoms with Crippen molar-refractivity contribution in [3.63, 3.8) is 0 Å². The highest BCUT2D eigenvalue weighted by molar-refractivity contribution is 8.18. The number of thioether (sulfide) groups is 1. The largest absolute Gasteiger partial charge is 0.462 e. The molecular weight excluding hydrogens is 418 g/mol. The van der Waals surface area contributed by atoms with Gasteiger partial charge in [-0.15, -0.1) is 0 Å². The van der Waals surface area contributed by atoms with Gasteiger partial charge in [-0.05, 0) is 68.4 Å². The van der Waals surface area contributed by atoms with Gasteiger partial charge < -0.3 is 9.47 Å². The van der Waals surface area contributed by atoms with Crippen LogP contribution in [-0.4, -0.2) is 40.6 Å². The zero-order valence-corrected chi connectivity index (χ0v) is 18.1. The summed E-state index contributed by atoms with van der Waals surface area (Å²) in [6, 6.07) is 13.6. The van der Waals surface area contributed by atoms with E-state index in [0.29, 0.717) is 16.9 Å². The molecule has 2 aromatic rings. The van der Waals surface area contributed by atoms with Crippen molar-refractivity contribution in [1.82, 2.24) is 4.90 Å². The molecule has 2 aromatic carbocycles. The zero-order chi connectivity index (χ0) is 22.5. The minimum absolute atomic E-state index is 0.171. The van der Waals surface area contributed by atoms with Crippen LogP contribution in [-0.2, 0) is 14.3 Å². The fourth-order valence-electron chi connectivity index (χ4n) is 2.74. The maximum Gasteiger partial charge on any atom is 0.343 e. The first-order valence-electron chi connectivity index (χ1n) is 9.56. The number of rotatable bonds is 6. The topological polar surface area (TPSA) is 90.0 Å². The normalized spacial score (nSPS) is 15.0. The molecule has 0 atom stereocenters. The van der Waals surface area contributed by atoms with Crippen molar-refractivity contribution in [2.24, 2.45) is 0 Å². The Morgan fingerprint density at radius 2 is 1.81 bits per heavy atom. The lowest BCUT2D eigenvalue weighted by atomic mass is 10.1. The van der Waals surface area contributed by atoms with Crippen molar-refractivity contribution >= 4 is 40.9 Å². The van der Waals surface area contributed by atoms with E-state index in [4.69, 9.17) is 9.47 Å². The number of esters is 2. The van der Waals surface area contributed by atoms with Gasteiger partial charge in [0.25, 0.3) is 11.1 Å². The second-order valence-electron chi connectivity index (χ2n) is 7.13. The van der Waals surface area contributed by atoms with Crippen LogP contribution < -0.4 is 4.74 Å². The van der Waals surface area contributed by atoms with Gasteiger partial charge in [0, 0.05) is 0 Å². The summed E-state index contributed by atoms with van der Waals surface area (Å²) in [7, 11) is 0. The molecule has 1 saturated heterocycles. The third kappa shape index (κ3) is 5.82. The third-order valence-electron chi connectivity index (χ3n) is 4.18. The fourth-order valence-corrected chi connectivity index (χ4v) is 3.58. The molecule has 7 nitrogen and oxygen atoms in total. The monoisotopic (exact) mass is 439 g/mol. The van der Waals surface area contributed by atoms with Gasteiger partial charge in [0.2, 0.25) is 0 Å². The Morgan fingerprint density at radius 1 is 1.10 bits per heavy atom. The van der Waals surface area contributed by atoms with Crippen molar-refractivity contribution in [1.29, 1.82) is 0 Å². The highest BCUT2D eigenvalue weighted by atomic mass is 32.2. The second kappa shape index (κ2) is 9.61. The molecule has 1 heterocycles. The summed E-state index contributed by atoms with van der Waals surface area (Å²) < 4.78 is 10.4. The van der Waals surface area contributed by atoms with Gasteiger partial charge in [-0.25, -0.2) is 4.79 Å². The van der Waals surface area contributed by atoms with Gasteiger partial charge in [-0.2, -0.15) is 0 Å². The molecule has 8 heteroatoms. The predicted molar refractivity (Wildman–Crippen MR) is 116 cm³/mol. The molecule has 0 bridgehead atoms. The summed E-state index contributed by atoms with van der Waals surface area (Å²) in [6.07, 6.45) is 1.18. The molecule has 31 heavy (non-hydrogen) atoms. The van der Waals surface area contributed by atoms with Crippen LogP contribution in [0.5, 0.6) is 5.75 Å². The van der Waals surface area contributed by atoms with Gasteiger partial charge in [-0.3, -0.25) is 19.3 Å². The van der Waals surface area contributed by atoms with E-state index in [1.807, 2.05) is 19.1 Å². The third-order valence-corrected chi connectivity index (χ3v) is 5.09. The summed E-state index contributed by atoms with van der Waals surface area (Å²) in [5, 5.41) is -0.543. The Labute approximate surface area is 184 Å². The van der Waals surface area contributed by atoms with E-state index < -0.39 is 29.6 Å². The number of amides is 2. The van der Waals surface area contributed by atoms with Crippen LogP contribution in [0.1, 0.15) is 35.3 Å². The van der Waals surface area contributed by atoms with Gasteiger partial charge in [-0.1, -0.05) is 29.8 Å². The average Bonchev–Trinajstić information content (AvgIpc) is 2.95. The number of carbonyl (C=O) groups excluding carboxylic acids is 4. The zero-order valence-electron chi connectivity index (χ0n) is 17.3. The quantitative estimate of drug-likeness (QED) is 0.378. The van der Waals surface area contributed by atoms with Crippen molar-refractivity contribution in [3.8, 4) is 5.75 Å². The summed E-state index contributed by atoms with van der Waals surface area (Å²) in [4.78, 5) is 49.8. The van der Waals surface area contributed by atoms with Crippen LogP contribution in [0.2, 0.25) is 0 Å². The van der Waals surface area contributed by atoms with Crippen molar-refractivity contribution < 1.29 is 28.7 Å². The van der Waals surface area contributed by atoms with Crippen LogP contribution in [0.4, 0.5) is 4.79 Å². The fraction of sp³-hybridized carbons (Fsp3) is 0.217. The first-order chi connectivity index (χ1) is 14.7. The molecule has 0 aromatic heterocycles. The van der Waals surface area contributed by atoms with Crippen molar-refractivity contribution in [2.45, 2.75) is 26.9 Å². The van der Waals surface area contributed by atoms with Gasteiger partial charge in [0.1, 0.15) is 12.3 Å². The first-order valence-corrected chi connectivity index (χ1v) is 10.4. The standard InChI is InChI=1S/C23H21NO6S/c1-14(2)29-20(25)13-24-21(26)19(31-23(24)28)12-16-5-4-6-18(11-16)30-22(27)17-9-7-15(3)8-10-17/h4-12,14H,13H2,1-3H3/b19-12-. The summed E-state index contributed by atoms with van der Waals surface area (Å²) in [5.74, 6) is -1.42. The molecule has 0 aliphatic carbocycles. The Bertz CT molecular complexity index is 1060. The molecule has 1 fully saturated rings. The second-order valence-corrected chi connectivity index (χ2v) is 8.13. The minimum Gasteiger partial charge on any atom is -0.462 e. The summed E-state index contributed by atoms with van der Waals surface area (Å²) in [5.41, 5.74) is 2.03. The first kappa shape index (κ1) is 22.3. The molecule has 0 saturated carbocycles. The van der Waals surface area contributed by atoms with E-state index in [-0.39, 0.29) is 11.0 Å². The van der Waals surface area contributed by atoms with Crippen LogP contribution in [0.15, 0.2) is 53.4 Å². The van der Waals surface area contributed by atoms with E-state index in [2.05, 4.69) is 0 Å². The maximum atomic E-state index is 12.5. The number of hydrogen-bond donors (Lipinski definition) is 0. The summed E-state index contributed by atoms with van der Waals surface area (Å²) >= 11 is 0.738. The number of imide groups is 1. The lowest BCUT2D eigenvalue weighted by Gasteiger charge is -2.13. The van der Waals surface area contributed by atoms with Gasteiger partial charge in [0.05, 0.1) is 16.6 Å². The number of benzene rings is 2. The molecule has 0 N–H and O–H groups in total. The molecule has 2 amide bonds. The Kier molecular flexibility index (Phi) is 6.91. The minimum atomic E-state index is -0.649. The SMILES string of the molecule is Cc1ccc(C(=O)Oc2cccc(/C=C3\SC(=O)N(CC(=O)OC(C)C)C3=O)c2)cc1. The molecule has 1 aliphatic heterocycles. The van der Waals surface area contributed by atoms with Crippen molar-refractivity contribution in [2.75, 3.05) is 6.54 Å². The van der Waals surface area contributed by atoms with Crippen molar-refractivity contribution in [3.05, 3.63) is 70.1 Å². The number of hydrogen-bond acceptors (Lipinski definition) is 7. The van der Waals surface area contributed by atoms with E-state index in [1.165, 1.54) is 6.08 Å². The van der Waals surface area contributed by atoms with Crippen LogP contribution in [0.25, 0.3) is 6.08 Å². The van der Waals surface area contributed by atoms with Crippen LogP contribution in [0, 0.1) is 6.92 Å². The lowest BCUT2D eigenvalue weighted by molar-refractivity contribution is -0.149. The van der Waals surface area contributed by atoms with E-state index >= 15 is 0 Å². The molecule has 3 rings (SSSR count). The van der Waals surface area contributed by atoms with Gasteiger partial charge in [0.15, 0.2) is 0 Å². The number of carbonyl (C=O) groups is 4. The number of nitrogens with zero attached hydrogens (tertiary/aromatic N) is 1. The van der Waals surface area contributed by atoms with Gasteiger partial charge >= 0.3 is 11.9 Å². The average molecular weight is 439 g/mol. The smallest absolute Gasteiger partial charge is 0.343 e. The maximum absolute atomic E-state index is 12.5. The molecule has 0 spiro atoms. The van der Waals surface area contributed by atoms with Crippen LogP contribution in [0.3, 0.4) is 0 Å². The van der Waals surface area contributed by atoms with E-state index in [0.717, 1.165) is 22.2 Å². The number of ether oxygens (including phenoxy) is 2. The highest BCUT2D eigenvalue weighted by Gasteiger charge is 2.36. The highest BCUT2D eigenvalue weighted by Crippen LogP contribution is 2.32. The van der Waals surface area contributed by atoms with Crippen LogP contribution >= 0.6 is 11.8 Å². The lowest BCUT2D eigenvalue weighted by Crippen LogP contribution is -2.35. The van der Waals surface area contributed by atoms with E-state index in [9.17, 15) is 19.2 Å². The Balaban J connectivity index is 1.71. The van der Waals surface area contributed by atoms with E-state index in [1.54, 1.807) is 50.2 Å². The molecule has 1 aliphatic rings. The molecular formula is C23H21NO6S.